The maximum absolute atomic E-state index is 12.0. The van der Waals surface area contributed by atoms with Crippen molar-refractivity contribution >= 4 is 5.91 Å². The fraction of sp³-hybridized carbons (Fsp3) is 0.562. The zero-order valence-electron chi connectivity index (χ0n) is 12.6. The molecule has 4 nitrogen and oxygen atoms in total. The highest BCUT2D eigenvalue weighted by molar-refractivity contribution is 5.81. The molecule has 1 aromatic carbocycles. The van der Waals surface area contributed by atoms with Crippen LogP contribution in [0.15, 0.2) is 18.2 Å². The third-order valence-corrected chi connectivity index (χ3v) is 3.34. The lowest BCUT2D eigenvalue weighted by Gasteiger charge is -2.23. The summed E-state index contributed by atoms with van der Waals surface area (Å²) in [4.78, 5) is 12.0. The van der Waals surface area contributed by atoms with E-state index in [0.717, 1.165) is 24.0 Å². The van der Waals surface area contributed by atoms with E-state index in [4.69, 9.17) is 4.74 Å². The lowest BCUT2D eigenvalue weighted by molar-refractivity contribution is -0.128. The first-order chi connectivity index (χ1) is 9.26. The van der Waals surface area contributed by atoms with E-state index in [1.165, 1.54) is 0 Å². The predicted molar refractivity (Wildman–Crippen MR) is 77.7 cm³/mol. The van der Waals surface area contributed by atoms with Gasteiger partial charge in [0.05, 0.1) is 6.10 Å². The van der Waals surface area contributed by atoms with Crippen LogP contribution in [-0.2, 0) is 11.2 Å². The third kappa shape index (κ3) is 3.51. The van der Waals surface area contributed by atoms with Gasteiger partial charge in [-0.25, -0.2) is 0 Å². The van der Waals surface area contributed by atoms with Crippen molar-refractivity contribution in [3.63, 3.8) is 0 Å². The van der Waals surface area contributed by atoms with Crippen molar-refractivity contribution in [2.75, 3.05) is 0 Å². The van der Waals surface area contributed by atoms with Crippen LogP contribution in [0.2, 0.25) is 0 Å². The number of ether oxygens (including phenoxy) is 1. The molecule has 0 heterocycles. The Kier molecular flexibility index (Phi) is 4.04. The van der Waals surface area contributed by atoms with Crippen LogP contribution in [0.4, 0.5) is 0 Å². The Morgan fingerprint density at radius 1 is 1.45 bits per heavy atom. The molecule has 110 valence electrons. The number of carbonyl (C=O) groups excluding carboxylic acids is 1. The summed E-state index contributed by atoms with van der Waals surface area (Å²) >= 11 is 0. The Hall–Kier alpha value is -1.55. The highest BCUT2D eigenvalue weighted by atomic mass is 16.5. The molecule has 0 aromatic heterocycles. The van der Waals surface area contributed by atoms with Gasteiger partial charge in [-0.15, -0.1) is 0 Å². The van der Waals surface area contributed by atoms with Gasteiger partial charge in [0.1, 0.15) is 5.75 Å². The summed E-state index contributed by atoms with van der Waals surface area (Å²) in [5, 5.41) is 12.7. The SMILES string of the molecule is CC(Oc1ccc2c(c1)CC[C@@H]2O)C(=O)NC(C)(C)C. The van der Waals surface area contributed by atoms with Crippen LogP contribution in [0.3, 0.4) is 0 Å². The molecule has 0 aliphatic heterocycles. The number of benzene rings is 1. The number of carbonyl (C=O) groups is 1. The molecule has 0 fully saturated rings. The van der Waals surface area contributed by atoms with Gasteiger partial charge in [0.2, 0.25) is 0 Å². The Morgan fingerprint density at radius 2 is 2.15 bits per heavy atom. The van der Waals surface area contributed by atoms with Gasteiger partial charge in [-0.3, -0.25) is 4.79 Å². The first kappa shape index (κ1) is 14.9. The van der Waals surface area contributed by atoms with E-state index in [1.54, 1.807) is 6.92 Å². The number of rotatable bonds is 3. The van der Waals surface area contributed by atoms with E-state index in [-0.39, 0.29) is 17.6 Å². The summed E-state index contributed by atoms with van der Waals surface area (Å²) < 4.78 is 5.69. The van der Waals surface area contributed by atoms with Gasteiger partial charge in [0.25, 0.3) is 5.91 Å². The van der Waals surface area contributed by atoms with Gasteiger partial charge in [0, 0.05) is 5.54 Å². The lowest BCUT2D eigenvalue weighted by Crippen LogP contribution is -2.46. The topological polar surface area (TPSA) is 58.6 Å². The van der Waals surface area contributed by atoms with Crippen molar-refractivity contribution in [2.24, 2.45) is 0 Å². The highest BCUT2D eigenvalue weighted by Gasteiger charge is 2.23. The number of hydrogen-bond donors (Lipinski definition) is 2. The molecule has 1 aromatic rings. The Balaban J connectivity index is 2.02. The second-order valence-corrected chi connectivity index (χ2v) is 6.41. The number of fused-ring (bicyclic) bond motifs is 1. The second kappa shape index (κ2) is 5.44. The number of amides is 1. The van der Waals surface area contributed by atoms with Crippen LogP contribution in [0.1, 0.15) is 51.3 Å². The molecular weight excluding hydrogens is 254 g/mol. The molecule has 4 heteroatoms. The van der Waals surface area contributed by atoms with Crippen molar-refractivity contribution < 1.29 is 14.6 Å². The molecule has 20 heavy (non-hydrogen) atoms. The van der Waals surface area contributed by atoms with E-state index < -0.39 is 6.10 Å². The summed E-state index contributed by atoms with van der Waals surface area (Å²) in [5.74, 6) is 0.549. The summed E-state index contributed by atoms with van der Waals surface area (Å²) in [7, 11) is 0. The number of hydrogen-bond acceptors (Lipinski definition) is 3. The molecule has 0 saturated carbocycles. The van der Waals surface area contributed by atoms with E-state index in [2.05, 4.69) is 5.32 Å². The van der Waals surface area contributed by atoms with Gasteiger partial charge in [-0.05, 0) is 63.8 Å². The molecule has 1 amide bonds. The second-order valence-electron chi connectivity index (χ2n) is 6.41. The lowest BCUT2D eigenvalue weighted by atomic mass is 10.1. The molecule has 2 rings (SSSR count). The number of aliphatic hydroxyl groups is 1. The Morgan fingerprint density at radius 3 is 2.80 bits per heavy atom. The van der Waals surface area contributed by atoms with Gasteiger partial charge in [0.15, 0.2) is 6.10 Å². The number of nitrogens with one attached hydrogen (secondary N) is 1. The summed E-state index contributed by atoms with van der Waals surface area (Å²) in [6.45, 7) is 7.56. The fourth-order valence-corrected chi connectivity index (χ4v) is 2.37. The van der Waals surface area contributed by atoms with E-state index in [1.807, 2.05) is 39.0 Å². The van der Waals surface area contributed by atoms with Crippen molar-refractivity contribution in [3.8, 4) is 5.75 Å². The van der Waals surface area contributed by atoms with Crippen LogP contribution in [0.25, 0.3) is 0 Å². The maximum Gasteiger partial charge on any atom is 0.261 e. The van der Waals surface area contributed by atoms with Gasteiger partial charge in [-0.2, -0.15) is 0 Å². The van der Waals surface area contributed by atoms with Crippen LogP contribution < -0.4 is 10.1 Å². The quantitative estimate of drug-likeness (QED) is 0.891. The van der Waals surface area contributed by atoms with Crippen molar-refractivity contribution in [1.82, 2.24) is 5.32 Å². The first-order valence-corrected chi connectivity index (χ1v) is 7.06. The largest absolute Gasteiger partial charge is 0.481 e. The molecule has 2 N–H and O–H groups in total. The zero-order chi connectivity index (χ0) is 14.9. The van der Waals surface area contributed by atoms with Crippen LogP contribution >= 0.6 is 0 Å². The molecule has 0 radical (unpaired) electrons. The fourth-order valence-electron chi connectivity index (χ4n) is 2.37. The molecule has 0 spiro atoms. The minimum Gasteiger partial charge on any atom is -0.481 e. The monoisotopic (exact) mass is 277 g/mol. The average molecular weight is 277 g/mol. The number of aliphatic hydroxyl groups excluding tert-OH is 1. The summed E-state index contributed by atoms with van der Waals surface area (Å²) in [5.41, 5.74) is 1.82. The normalized spacial score (nSPS) is 19.4. The molecule has 1 aliphatic carbocycles. The maximum atomic E-state index is 12.0. The number of aryl methyl sites for hydroxylation is 1. The summed E-state index contributed by atoms with van der Waals surface area (Å²) in [6.07, 6.45) is 0.717. The highest BCUT2D eigenvalue weighted by Crippen LogP contribution is 2.33. The van der Waals surface area contributed by atoms with Gasteiger partial charge >= 0.3 is 0 Å². The minimum atomic E-state index is -0.543. The molecule has 0 saturated heterocycles. The van der Waals surface area contributed by atoms with E-state index >= 15 is 0 Å². The average Bonchev–Trinajstić information content (AvgIpc) is 2.68. The first-order valence-electron chi connectivity index (χ1n) is 7.06. The third-order valence-electron chi connectivity index (χ3n) is 3.34. The van der Waals surface area contributed by atoms with Crippen LogP contribution in [-0.4, -0.2) is 22.7 Å². The Bertz CT molecular complexity index is 505. The molecule has 2 atom stereocenters. The minimum absolute atomic E-state index is 0.127. The summed E-state index contributed by atoms with van der Waals surface area (Å²) in [6, 6.07) is 5.62. The molecule has 1 aliphatic rings. The van der Waals surface area contributed by atoms with Crippen molar-refractivity contribution in [2.45, 2.75) is 58.3 Å². The van der Waals surface area contributed by atoms with E-state index in [9.17, 15) is 9.90 Å². The van der Waals surface area contributed by atoms with Crippen LogP contribution in [0, 0.1) is 0 Å². The molecular formula is C16H23NO3. The van der Waals surface area contributed by atoms with Gasteiger partial charge in [-0.1, -0.05) is 6.07 Å². The smallest absolute Gasteiger partial charge is 0.261 e. The predicted octanol–water partition coefficient (Wildman–Crippen LogP) is 2.35. The molecule has 0 bridgehead atoms. The standard InChI is InChI=1S/C16H23NO3/c1-10(15(19)17-16(2,3)4)20-12-6-7-13-11(9-12)5-8-14(13)18/h6-7,9-10,14,18H,5,8H2,1-4H3,(H,17,19)/t10?,14-/m0/s1. The zero-order valence-corrected chi connectivity index (χ0v) is 12.6. The van der Waals surface area contributed by atoms with Crippen molar-refractivity contribution in [3.05, 3.63) is 29.3 Å². The van der Waals surface area contributed by atoms with Gasteiger partial charge < -0.3 is 15.2 Å². The van der Waals surface area contributed by atoms with Crippen molar-refractivity contribution in [1.29, 1.82) is 0 Å². The molecule has 1 unspecified atom stereocenters. The van der Waals surface area contributed by atoms with E-state index in [0.29, 0.717) is 5.75 Å². The van der Waals surface area contributed by atoms with Crippen LogP contribution in [0.5, 0.6) is 5.75 Å². The Labute approximate surface area is 120 Å².